The molecule has 6 nitrogen and oxygen atoms in total. The minimum atomic E-state index is -0.676. The molecule has 0 saturated carbocycles. The van der Waals surface area contributed by atoms with Crippen LogP contribution in [-0.4, -0.2) is 55.1 Å². The molecule has 154 valence electrons. The van der Waals surface area contributed by atoms with E-state index in [0.29, 0.717) is 42.8 Å². The molecule has 30 heavy (non-hydrogen) atoms. The second-order valence-electron chi connectivity index (χ2n) is 7.58. The van der Waals surface area contributed by atoms with E-state index < -0.39 is 11.9 Å². The summed E-state index contributed by atoms with van der Waals surface area (Å²) in [5.41, 5.74) is 0.976. The van der Waals surface area contributed by atoms with Crippen molar-refractivity contribution in [2.45, 2.75) is 6.04 Å². The number of ether oxygens (including phenoxy) is 1. The first kappa shape index (κ1) is 19.0. The fourth-order valence-electron chi connectivity index (χ4n) is 4.29. The Morgan fingerprint density at radius 3 is 2.60 bits per heavy atom. The van der Waals surface area contributed by atoms with Gasteiger partial charge >= 0.3 is 0 Å². The van der Waals surface area contributed by atoms with E-state index in [9.17, 15) is 14.0 Å². The molecule has 1 atom stereocenters. The number of para-hydroxylation sites is 1. The summed E-state index contributed by atoms with van der Waals surface area (Å²) in [4.78, 5) is 30.5. The lowest BCUT2D eigenvalue weighted by Gasteiger charge is -2.31. The van der Waals surface area contributed by atoms with Crippen LogP contribution in [0.25, 0.3) is 11.0 Å². The Hall–Kier alpha value is -3.03. The smallest absolute Gasteiger partial charge is 0.290 e. The third-order valence-electron chi connectivity index (χ3n) is 5.80. The Kier molecular flexibility index (Phi) is 4.84. The number of benzene rings is 2. The van der Waals surface area contributed by atoms with Crippen LogP contribution in [0.4, 0.5) is 4.39 Å². The molecule has 2 aliphatic rings. The van der Waals surface area contributed by atoms with Gasteiger partial charge in [-0.15, -0.1) is 0 Å². The number of nitrogens with zero attached hydrogens (tertiary/aromatic N) is 2. The van der Waals surface area contributed by atoms with Gasteiger partial charge < -0.3 is 14.1 Å². The Balaban J connectivity index is 1.60. The summed E-state index contributed by atoms with van der Waals surface area (Å²) in [6.45, 7) is 3.95. The molecule has 2 aromatic carbocycles. The number of hydrogen-bond donors (Lipinski definition) is 0. The summed E-state index contributed by atoms with van der Waals surface area (Å²) < 4.78 is 25.3. The third kappa shape index (κ3) is 3.20. The minimum absolute atomic E-state index is 0.0509. The molecule has 2 aliphatic heterocycles. The van der Waals surface area contributed by atoms with E-state index in [1.807, 2.05) is 0 Å². The molecule has 0 bridgehead atoms. The maximum atomic E-state index is 14.0. The highest BCUT2D eigenvalue weighted by Crippen LogP contribution is 2.38. The molecule has 0 unspecified atom stereocenters. The largest absolute Gasteiger partial charge is 0.450 e. The van der Waals surface area contributed by atoms with Gasteiger partial charge in [0.25, 0.3) is 5.91 Å². The van der Waals surface area contributed by atoms with E-state index in [1.54, 1.807) is 41.3 Å². The molecule has 0 radical (unpaired) electrons. The zero-order valence-corrected chi connectivity index (χ0v) is 16.3. The van der Waals surface area contributed by atoms with Crippen LogP contribution in [0.3, 0.4) is 0 Å². The topological polar surface area (TPSA) is 63.0 Å². The van der Waals surface area contributed by atoms with E-state index in [2.05, 4.69) is 4.90 Å². The first-order valence-corrected chi connectivity index (χ1v) is 10.1. The average molecular weight is 408 g/mol. The normalized spacial score (nSPS) is 19.4. The summed E-state index contributed by atoms with van der Waals surface area (Å²) in [6, 6.07) is 12.3. The maximum absolute atomic E-state index is 14.0. The fourth-order valence-corrected chi connectivity index (χ4v) is 4.29. The second kappa shape index (κ2) is 7.66. The minimum Gasteiger partial charge on any atom is -0.450 e. The molecule has 0 spiro atoms. The maximum Gasteiger partial charge on any atom is 0.290 e. The molecule has 3 heterocycles. The number of amides is 1. The van der Waals surface area contributed by atoms with E-state index in [0.717, 1.165) is 13.1 Å². The summed E-state index contributed by atoms with van der Waals surface area (Å²) in [5, 5.41) is 0.417. The van der Waals surface area contributed by atoms with Crippen LogP contribution in [0.15, 0.2) is 57.7 Å². The molecule has 0 aliphatic carbocycles. The standard InChI is InChI=1S/C23H21FN2O4/c24-16-5-3-4-15(14-16)20-19-21(27)17-6-1-2-7-18(17)30-22(19)23(28)26(20)9-8-25-10-12-29-13-11-25/h1-7,14,20H,8-13H2/t20-/m0/s1. The highest BCUT2D eigenvalue weighted by Gasteiger charge is 2.42. The van der Waals surface area contributed by atoms with E-state index in [1.165, 1.54) is 12.1 Å². The number of halogens is 1. The number of hydrogen-bond acceptors (Lipinski definition) is 5. The molecule has 1 saturated heterocycles. The van der Waals surface area contributed by atoms with Crippen molar-refractivity contribution < 1.29 is 18.3 Å². The summed E-state index contributed by atoms with van der Waals surface area (Å²) >= 11 is 0. The van der Waals surface area contributed by atoms with Gasteiger partial charge in [-0.2, -0.15) is 0 Å². The molecular weight excluding hydrogens is 387 g/mol. The van der Waals surface area contributed by atoms with Crippen LogP contribution >= 0.6 is 0 Å². The highest BCUT2D eigenvalue weighted by molar-refractivity contribution is 5.99. The Morgan fingerprint density at radius 1 is 1.00 bits per heavy atom. The number of morpholine rings is 1. The number of fused-ring (bicyclic) bond motifs is 2. The van der Waals surface area contributed by atoms with Crippen LogP contribution in [0.5, 0.6) is 0 Å². The number of carbonyl (C=O) groups is 1. The summed E-state index contributed by atoms with van der Waals surface area (Å²) in [7, 11) is 0. The van der Waals surface area contributed by atoms with Crippen molar-refractivity contribution in [3.05, 3.63) is 81.5 Å². The molecule has 7 heteroatoms. The van der Waals surface area contributed by atoms with E-state index >= 15 is 0 Å². The van der Waals surface area contributed by atoms with E-state index in [4.69, 9.17) is 9.15 Å². The summed E-state index contributed by atoms with van der Waals surface area (Å²) in [6.07, 6.45) is 0. The predicted molar refractivity (Wildman–Crippen MR) is 109 cm³/mol. The third-order valence-corrected chi connectivity index (χ3v) is 5.80. The van der Waals surface area contributed by atoms with Crippen molar-refractivity contribution in [2.75, 3.05) is 39.4 Å². The van der Waals surface area contributed by atoms with Crippen molar-refractivity contribution >= 4 is 16.9 Å². The quantitative estimate of drug-likeness (QED) is 0.664. The Bertz CT molecular complexity index is 1170. The molecule has 1 aromatic heterocycles. The van der Waals surface area contributed by atoms with Gasteiger partial charge in [-0.3, -0.25) is 14.5 Å². The van der Waals surface area contributed by atoms with Gasteiger partial charge in [-0.05, 0) is 29.8 Å². The summed E-state index contributed by atoms with van der Waals surface area (Å²) in [5.74, 6) is -0.697. The lowest BCUT2D eigenvalue weighted by molar-refractivity contribution is 0.0314. The van der Waals surface area contributed by atoms with Gasteiger partial charge in [0.1, 0.15) is 11.4 Å². The predicted octanol–water partition coefficient (Wildman–Crippen LogP) is 2.81. The van der Waals surface area contributed by atoms with Crippen LogP contribution in [0.1, 0.15) is 27.7 Å². The highest BCUT2D eigenvalue weighted by atomic mass is 19.1. The van der Waals surface area contributed by atoms with Crippen LogP contribution in [-0.2, 0) is 4.74 Å². The van der Waals surface area contributed by atoms with Crippen molar-refractivity contribution in [1.29, 1.82) is 0 Å². The van der Waals surface area contributed by atoms with Gasteiger partial charge in [0, 0.05) is 26.2 Å². The number of carbonyl (C=O) groups excluding carboxylic acids is 1. The number of rotatable bonds is 4. The SMILES string of the molecule is O=C1c2oc3ccccc3c(=O)c2[C@H](c2cccc(F)c2)N1CCN1CCOCC1. The molecule has 1 fully saturated rings. The Morgan fingerprint density at radius 2 is 1.80 bits per heavy atom. The average Bonchev–Trinajstić information content (AvgIpc) is 3.05. The van der Waals surface area contributed by atoms with Crippen LogP contribution in [0, 0.1) is 5.82 Å². The molecule has 3 aromatic rings. The zero-order chi connectivity index (χ0) is 20.7. The van der Waals surface area contributed by atoms with Crippen molar-refractivity contribution in [2.24, 2.45) is 0 Å². The first-order valence-electron chi connectivity index (χ1n) is 10.1. The van der Waals surface area contributed by atoms with E-state index in [-0.39, 0.29) is 22.7 Å². The van der Waals surface area contributed by atoms with Crippen LogP contribution < -0.4 is 5.43 Å². The van der Waals surface area contributed by atoms with Crippen LogP contribution in [0.2, 0.25) is 0 Å². The Labute approximate surface area is 172 Å². The van der Waals surface area contributed by atoms with Gasteiger partial charge in [0.2, 0.25) is 5.76 Å². The van der Waals surface area contributed by atoms with Gasteiger partial charge in [0.05, 0.1) is 30.2 Å². The lowest BCUT2D eigenvalue weighted by atomic mass is 9.98. The fraction of sp³-hybridized carbons (Fsp3) is 0.304. The zero-order valence-electron chi connectivity index (χ0n) is 16.3. The lowest BCUT2D eigenvalue weighted by Crippen LogP contribution is -2.42. The van der Waals surface area contributed by atoms with Crippen molar-refractivity contribution in [1.82, 2.24) is 9.80 Å². The molecule has 5 rings (SSSR count). The van der Waals surface area contributed by atoms with Gasteiger partial charge in [-0.1, -0.05) is 24.3 Å². The van der Waals surface area contributed by atoms with Crippen molar-refractivity contribution in [3.8, 4) is 0 Å². The molecular formula is C23H21FN2O4. The first-order chi connectivity index (χ1) is 14.6. The molecule has 1 amide bonds. The van der Waals surface area contributed by atoms with Gasteiger partial charge in [-0.25, -0.2) is 4.39 Å². The van der Waals surface area contributed by atoms with Gasteiger partial charge in [0.15, 0.2) is 5.43 Å². The monoisotopic (exact) mass is 408 g/mol. The second-order valence-corrected chi connectivity index (χ2v) is 7.58. The molecule has 0 N–H and O–H groups in total. The van der Waals surface area contributed by atoms with Crippen molar-refractivity contribution in [3.63, 3.8) is 0 Å².